The Morgan fingerprint density at radius 1 is 1.42 bits per heavy atom. The molecule has 1 aliphatic rings. The lowest BCUT2D eigenvalue weighted by atomic mass is 10.1. The lowest BCUT2D eigenvalue weighted by molar-refractivity contribution is 0.0746. The van der Waals surface area contributed by atoms with Gasteiger partial charge in [-0.1, -0.05) is 6.07 Å². The quantitative estimate of drug-likeness (QED) is 0.887. The molecule has 1 aliphatic heterocycles. The van der Waals surface area contributed by atoms with E-state index < -0.39 is 10.0 Å². The van der Waals surface area contributed by atoms with Crippen LogP contribution in [0.1, 0.15) is 35.7 Å². The molecule has 1 fully saturated rings. The number of nitrogens with two attached hydrogens (primary N) is 1. The standard InChI is InChI=1S/C13H18N2O3S/c1-9-5-6-11(19(14,17)18)8-12(9)13(16)15-7-3-4-10(15)2/h5-6,8,10H,3-4,7H2,1-2H3,(H2,14,17,18). The third-order valence-electron chi connectivity index (χ3n) is 3.58. The number of benzene rings is 1. The Morgan fingerprint density at radius 3 is 2.63 bits per heavy atom. The molecule has 2 N–H and O–H groups in total. The van der Waals surface area contributed by atoms with Gasteiger partial charge in [0.1, 0.15) is 0 Å². The molecule has 104 valence electrons. The zero-order valence-electron chi connectivity index (χ0n) is 11.1. The van der Waals surface area contributed by atoms with E-state index in [1.165, 1.54) is 12.1 Å². The van der Waals surface area contributed by atoms with Crippen LogP contribution in [0.2, 0.25) is 0 Å². The summed E-state index contributed by atoms with van der Waals surface area (Å²) in [7, 11) is -3.78. The smallest absolute Gasteiger partial charge is 0.254 e. The Morgan fingerprint density at radius 2 is 2.11 bits per heavy atom. The van der Waals surface area contributed by atoms with Gasteiger partial charge >= 0.3 is 0 Å². The van der Waals surface area contributed by atoms with Crippen LogP contribution in [0.3, 0.4) is 0 Å². The molecule has 1 amide bonds. The zero-order valence-corrected chi connectivity index (χ0v) is 11.9. The van der Waals surface area contributed by atoms with E-state index in [1.807, 2.05) is 6.92 Å². The fourth-order valence-electron chi connectivity index (χ4n) is 2.40. The van der Waals surface area contributed by atoms with E-state index >= 15 is 0 Å². The maximum Gasteiger partial charge on any atom is 0.254 e. The molecule has 0 radical (unpaired) electrons. The Bertz CT molecular complexity index is 610. The van der Waals surface area contributed by atoms with Crippen molar-refractivity contribution in [3.63, 3.8) is 0 Å². The number of carbonyl (C=O) groups excluding carboxylic acids is 1. The summed E-state index contributed by atoms with van der Waals surface area (Å²) in [6.45, 7) is 4.52. The third-order valence-corrected chi connectivity index (χ3v) is 4.49. The molecule has 0 bridgehead atoms. The second-order valence-electron chi connectivity index (χ2n) is 5.01. The number of likely N-dealkylation sites (tertiary alicyclic amines) is 1. The molecule has 1 saturated heterocycles. The molecule has 19 heavy (non-hydrogen) atoms. The van der Waals surface area contributed by atoms with Gasteiger partial charge < -0.3 is 4.90 Å². The van der Waals surface area contributed by atoms with Gasteiger partial charge in [0.05, 0.1) is 4.90 Å². The van der Waals surface area contributed by atoms with Gasteiger partial charge in [-0.15, -0.1) is 0 Å². The van der Waals surface area contributed by atoms with E-state index in [0.29, 0.717) is 5.56 Å². The van der Waals surface area contributed by atoms with Crippen molar-refractivity contribution < 1.29 is 13.2 Å². The van der Waals surface area contributed by atoms with Crippen LogP contribution in [0, 0.1) is 6.92 Å². The molecule has 5 nitrogen and oxygen atoms in total. The van der Waals surface area contributed by atoms with E-state index in [-0.39, 0.29) is 16.8 Å². The Labute approximate surface area is 113 Å². The molecule has 1 aromatic rings. The second kappa shape index (κ2) is 4.94. The molecule has 0 saturated carbocycles. The number of hydrogen-bond donors (Lipinski definition) is 1. The van der Waals surface area contributed by atoms with Crippen molar-refractivity contribution in [1.82, 2.24) is 4.90 Å². The largest absolute Gasteiger partial charge is 0.336 e. The Balaban J connectivity index is 2.41. The first kappa shape index (κ1) is 14.0. The van der Waals surface area contributed by atoms with Gasteiger partial charge in [0.25, 0.3) is 5.91 Å². The number of sulfonamides is 1. The molecular formula is C13H18N2O3S. The van der Waals surface area contributed by atoms with Gasteiger partial charge in [0, 0.05) is 18.2 Å². The van der Waals surface area contributed by atoms with Crippen LogP contribution in [0.4, 0.5) is 0 Å². The number of hydrogen-bond acceptors (Lipinski definition) is 3. The highest BCUT2D eigenvalue weighted by molar-refractivity contribution is 7.89. The van der Waals surface area contributed by atoms with E-state index in [0.717, 1.165) is 24.9 Å². The van der Waals surface area contributed by atoms with Gasteiger partial charge in [-0.25, -0.2) is 13.6 Å². The SMILES string of the molecule is Cc1ccc(S(N)(=O)=O)cc1C(=O)N1CCCC1C. The average molecular weight is 282 g/mol. The lowest BCUT2D eigenvalue weighted by Crippen LogP contribution is -2.34. The normalized spacial score (nSPS) is 19.7. The highest BCUT2D eigenvalue weighted by Gasteiger charge is 2.27. The van der Waals surface area contributed by atoms with E-state index in [9.17, 15) is 13.2 Å². The fraction of sp³-hybridized carbons (Fsp3) is 0.462. The fourth-order valence-corrected chi connectivity index (χ4v) is 2.94. The molecule has 2 rings (SSSR count). The van der Waals surface area contributed by atoms with E-state index in [1.54, 1.807) is 17.9 Å². The van der Waals surface area contributed by atoms with Crippen molar-refractivity contribution in [3.8, 4) is 0 Å². The monoisotopic (exact) mass is 282 g/mol. The Kier molecular flexibility index (Phi) is 3.64. The number of carbonyl (C=O) groups is 1. The van der Waals surface area contributed by atoms with Crippen molar-refractivity contribution in [2.45, 2.75) is 37.6 Å². The summed E-state index contributed by atoms with van der Waals surface area (Å²) in [5.74, 6) is -0.118. The Hall–Kier alpha value is -1.40. The number of aryl methyl sites for hydroxylation is 1. The summed E-state index contributed by atoms with van der Waals surface area (Å²) in [5, 5.41) is 5.10. The van der Waals surface area contributed by atoms with Crippen LogP contribution in [-0.4, -0.2) is 31.8 Å². The summed E-state index contributed by atoms with van der Waals surface area (Å²) in [5.41, 5.74) is 1.18. The van der Waals surface area contributed by atoms with Crippen molar-refractivity contribution >= 4 is 15.9 Å². The van der Waals surface area contributed by atoms with Crippen LogP contribution in [0.25, 0.3) is 0 Å². The first-order chi connectivity index (χ1) is 8.80. The minimum atomic E-state index is -3.78. The summed E-state index contributed by atoms with van der Waals surface area (Å²) < 4.78 is 22.7. The predicted molar refractivity (Wildman–Crippen MR) is 72.3 cm³/mol. The average Bonchev–Trinajstić information content (AvgIpc) is 2.73. The molecule has 1 atom stereocenters. The zero-order chi connectivity index (χ0) is 14.2. The summed E-state index contributed by atoms with van der Waals surface area (Å²) in [6.07, 6.45) is 1.97. The molecule has 6 heteroatoms. The van der Waals surface area contributed by atoms with E-state index in [2.05, 4.69) is 0 Å². The molecular weight excluding hydrogens is 264 g/mol. The van der Waals surface area contributed by atoms with Gasteiger partial charge in [-0.3, -0.25) is 4.79 Å². The third kappa shape index (κ3) is 2.79. The van der Waals surface area contributed by atoms with Crippen LogP contribution in [0.5, 0.6) is 0 Å². The van der Waals surface area contributed by atoms with Crippen LogP contribution < -0.4 is 5.14 Å². The summed E-state index contributed by atoms with van der Waals surface area (Å²) in [4.78, 5) is 14.2. The van der Waals surface area contributed by atoms with Crippen LogP contribution >= 0.6 is 0 Å². The van der Waals surface area contributed by atoms with Crippen molar-refractivity contribution in [2.75, 3.05) is 6.54 Å². The van der Waals surface area contributed by atoms with Gasteiger partial charge in [0.15, 0.2) is 0 Å². The number of primary sulfonamides is 1. The first-order valence-corrected chi connectivity index (χ1v) is 7.80. The van der Waals surface area contributed by atoms with Gasteiger partial charge in [-0.05, 0) is 44.4 Å². The minimum absolute atomic E-state index is 0.0201. The van der Waals surface area contributed by atoms with Gasteiger partial charge in [-0.2, -0.15) is 0 Å². The van der Waals surface area contributed by atoms with Crippen molar-refractivity contribution in [1.29, 1.82) is 0 Å². The molecule has 0 aromatic heterocycles. The topological polar surface area (TPSA) is 80.5 Å². The first-order valence-electron chi connectivity index (χ1n) is 6.25. The lowest BCUT2D eigenvalue weighted by Gasteiger charge is -2.22. The van der Waals surface area contributed by atoms with Crippen LogP contribution in [0.15, 0.2) is 23.1 Å². The molecule has 0 spiro atoms. The molecule has 1 aromatic carbocycles. The number of amides is 1. The van der Waals surface area contributed by atoms with Crippen molar-refractivity contribution in [2.24, 2.45) is 5.14 Å². The molecule has 1 heterocycles. The highest BCUT2D eigenvalue weighted by Crippen LogP contribution is 2.22. The maximum atomic E-state index is 12.4. The second-order valence-corrected chi connectivity index (χ2v) is 6.57. The predicted octanol–water partition coefficient (Wildman–Crippen LogP) is 1.27. The molecule has 0 aliphatic carbocycles. The minimum Gasteiger partial charge on any atom is -0.336 e. The van der Waals surface area contributed by atoms with Crippen molar-refractivity contribution in [3.05, 3.63) is 29.3 Å². The van der Waals surface area contributed by atoms with Crippen LogP contribution in [-0.2, 0) is 10.0 Å². The highest BCUT2D eigenvalue weighted by atomic mass is 32.2. The maximum absolute atomic E-state index is 12.4. The van der Waals surface area contributed by atoms with E-state index in [4.69, 9.17) is 5.14 Å². The summed E-state index contributed by atoms with van der Waals surface area (Å²) >= 11 is 0. The summed E-state index contributed by atoms with van der Waals surface area (Å²) in [6, 6.07) is 4.62. The number of nitrogens with zero attached hydrogens (tertiary/aromatic N) is 1. The molecule has 1 unspecified atom stereocenters. The van der Waals surface area contributed by atoms with Gasteiger partial charge in [0.2, 0.25) is 10.0 Å². The number of rotatable bonds is 2.